The van der Waals surface area contributed by atoms with E-state index in [4.69, 9.17) is 4.74 Å². The molecule has 2 amide bonds. The van der Waals surface area contributed by atoms with Gasteiger partial charge in [-0.15, -0.1) is 16.8 Å². The molecule has 1 aromatic heterocycles. The number of anilines is 1. The molecule has 9 heteroatoms. The summed E-state index contributed by atoms with van der Waals surface area (Å²) in [6, 6.07) is 14.2. The molecular weight excluding hydrogens is 462 g/mol. The number of allylic oxidation sites excluding steroid dienone is 1. The van der Waals surface area contributed by atoms with Crippen molar-refractivity contribution in [2.75, 3.05) is 18.2 Å². The third kappa shape index (κ3) is 6.73. The molecule has 3 rings (SSSR count). The van der Waals surface area contributed by atoms with Crippen LogP contribution in [0.3, 0.4) is 0 Å². The highest BCUT2D eigenvalue weighted by Crippen LogP contribution is 2.26. The third-order valence-electron chi connectivity index (χ3n) is 5.39. The first-order valence-electron chi connectivity index (χ1n) is 11.3. The number of aryl methyl sites for hydroxylation is 1. The summed E-state index contributed by atoms with van der Waals surface area (Å²) in [6.07, 6.45) is 1.74. The number of nitrogens with one attached hydrogen (secondary N) is 2. The molecule has 1 atom stereocenters. The van der Waals surface area contributed by atoms with Crippen LogP contribution in [-0.4, -0.2) is 39.4 Å². The van der Waals surface area contributed by atoms with Crippen molar-refractivity contribution in [1.29, 1.82) is 0 Å². The van der Waals surface area contributed by atoms with Gasteiger partial charge in [-0.3, -0.25) is 9.59 Å². The van der Waals surface area contributed by atoms with E-state index in [1.54, 1.807) is 37.5 Å². The van der Waals surface area contributed by atoms with E-state index in [-0.39, 0.29) is 29.5 Å². The Morgan fingerprint density at radius 3 is 2.49 bits per heavy atom. The SMILES string of the molecule is C=CCn1c(SCC(=O)Nc2ccccc2C)nnc1[C@@H](NC(=O)c1ccc(OC)cc1)C(C)C. The average Bonchev–Trinajstić information content (AvgIpc) is 3.24. The van der Waals surface area contributed by atoms with Crippen LogP contribution in [0.5, 0.6) is 5.75 Å². The molecule has 8 nitrogen and oxygen atoms in total. The smallest absolute Gasteiger partial charge is 0.251 e. The number of thioether (sulfide) groups is 1. The zero-order valence-electron chi connectivity index (χ0n) is 20.4. The molecule has 0 unspecified atom stereocenters. The molecule has 0 bridgehead atoms. The van der Waals surface area contributed by atoms with E-state index >= 15 is 0 Å². The topological polar surface area (TPSA) is 98.1 Å². The predicted octanol–water partition coefficient (Wildman–Crippen LogP) is 4.64. The van der Waals surface area contributed by atoms with Crippen LogP contribution in [0.25, 0.3) is 0 Å². The number of aromatic nitrogens is 3. The van der Waals surface area contributed by atoms with Gasteiger partial charge in [-0.1, -0.05) is 49.9 Å². The molecule has 0 saturated carbocycles. The largest absolute Gasteiger partial charge is 0.497 e. The molecule has 0 spiro atoms. The summed E-state index contributed by atoms with van der Waals surface area (Å²) in [4.78, 5) is 25.5. The molecular formula is C26H31N5O3S. The van der Waals surface area contributed by atoms with Crippen LogP contribution in [0.1, 0.15) is 41.6 Å². The van der Waals surface area contributed by atoms with Crippen molar-refractivity contribution >= 4 is 29.3 Å². The van der Waals surface area contributed by atoms with E-state index in [0.717, 1.165) is 11.3 Å². The Morgan fingerprint density at radius 2 is 1.86 bits per heavy atom. The Bertz CT molecular complexity index is 1170. The van der Waals surface area contributed by atoms with Crippen molar-refractivity contribution in [3.63, 3.8) is 0 Å². The lowest BCUT2D eigenvalue weighted by atomic mass is 10.0. The maximum Gasteiger partial charge on any atom is 0.251 e. The zero-order chi connectivity index (χ0) is 25.4. The Morgan fingerprint density at radius 1 is 1.14 bits per heavy atom. The van der Waals surface area contributed by atoms with Gasteiger partial charge in [0.2, 0.25) is 5.91 Å². The van der Waals surface area contributed by atoms with E-state index in [1.165, 1.54) is 11.8 Å². The monoisotopic (exact) mass is 493 g/mol. The van der Waals surface area contributed by atoms with Gasteiger partial charge in [-0.25, -0.2) is 0 Å². The number of nitrogens with zero attached hydrogens (tertiary/aromatic N) is 3. The molecule has 0 aliphatic carbocycles. The third-order valence-corrected chi connectivity index (χ3v) is 6.36. The first-order valence-corrected chi connectivity index (χ1v) is 12.3. The number of hydrogen-bond acceptors (Lipinski definition) is 6. The van der Waals surface area contributed by atoms with Gasteiger partial charge >= 0.3 is 0 Å². The summed E-state index contributed by atoms with van der Waals surface area (Å²) in [7, 11) is 1.58. The normalized spacial score (nSPS) is 11.7. The van der Waals surface area contributed by atoms with E-state index < -0.39 is 0 Å². The van der Waals surface area contributed by atoms with Gasteiger partial charge in [0.1, 0.15) is 5.75 Å². The first-order chi connectivity index (χ1) is 16.8. The molecule has 0 radical (unpaired) electrons. The van der Waals surface area contributed by atoms with Crippen LogP contribution in [0, 0.1) is 12.8 Å². The van der Waals surface area contributed by atoms with Crippen LogP contribution < -0.4 is 15.4 Å². The number of hydrogen-bond donors (Lipinski definition) is 2. The molecule has 0 fully saturated rings. The number of methoxy groups -OCH3 is 1. The second kappa shape index (κ2) is 12.2. The van der Waals surface area contributed by atoms with Crippen molar-refractivity contribution in [3.8, 4) is 5.75 Å². The highest BCUT2D eigenvalue weighted by molar-refractivity contribution is 7.99. The number of ether oxygens (including phenoxy) is 1. The van der Waals surface area contributed by atoms with Gasteiger partial charge in [-0.2, -0.15) is 0 Å². The molecule has 2 aromatic carbocycles. The lowest BCUT2D eigenvalue weighted by molar-refractivity contribution is -0.113. The summed E-state index contributed by atoms with van der Waals surface area (Å²) in [5.74, 6) is 1.17. The fourth-order valence-electron chi connectivity index (χ4n) is 3.46. The molecule has 0 saturated heterocycles. The Labute approximate surface area is 210 Å². The van der Waals surface area contributed by atoms with E-state index in [2.05, 4.69) is 27.4 Å². The number of carbonyl (C=O) groups excluding carboxylic acids is 2. The van der Waals surface area contributed by atoms with Gasteiger partial charge in [0, 0.05) is 17.8 Å². The second-order valence-corrected chi connectivity index (χ2v) is 9.26. The molecule has 184 valence electrons. The lowest BCUT2D eigenvalue weighted by Crippen LogP contribution is -2.33. The molecule has 35 heavy (non-hydrogen) atoms. The van der Waals surface area contributed by atoms with Gasteiger partial charge in [0.15, 0.2) is 11.0 Å². The van der Waals surface area contributed by atoms with Crippen molar-refractivity contribution in [3.05, 3.63) is 78.1 Å². The fourth-order valence-corrected chi connectivity index (χ4v) is 4.22. The Kier molecular flexibility index (Phi) is 9.08. The molecule has 1 heterocycles. The fraction of sp³-hybridized carbons (Fsp3) is 0.308. The summed E-state index contributed by atoms with van der Waals surface area (Å²) in [5, 5.41) is 15.3. The minimum Gasteiger partial charge on any atom is -0.497 e. The minimum atomic E-state index is -0.382. The Balaban J connectivity index is 1.75. The molecule has 0 aliphatic rings. The predicted molar refractivity (Wildman–Crippen MR) is 139 cm³/mol. The van der Waals surface area contributed by atoms with Crippen molar-refractivity contribution in [2.45, 2.75) is 38.5 Å². The number of para-hydroxylation sites is 1. The minimum absolute atomic E-state index is 0.0483. The summed E-state index contributed by atoms with van der Waals surface area (Å²) in [5.41, 5.74) is 2.30. The lowest BCUT2D eigenvalue weighted by Gasteiger charge is -2.22. The van der Waals surface area contributed by atoms with E-state index in [1.807, 2.05) is 49.6 Å². The summed E-state index contributed by atoms with van der Waals surface area (Å²) < 4.78 is 7.05. The maximum absolute atomic E-state index is 12.9. The van der Waals surface area contributed by atoms with Crippen LogP contribution >= 0.6 is 11.8 Å². The average molecular weight is 494 g/mol. The second-order valence-electron chi connectivity index (χ2n) is 8.32. The number of benzene rings is 2. The van der Waals surface area contributed by atoms with Crippen molar-refractivity contribution in [1.82, 2.24) is 20.1 Å². The standard InChI is InChI=1S/C26H31N5O3S/c1-6-15-31-24(23(17(2)3)28-25(33)19-11-13-20(34-5)14-12-19)29-30-26(31)35-16-22(32)27-21-10-8-7-9-18(21)4/h6-14,17,23H,1,15-16H2,2-5H3,(H,27,32)(H,28,33)/t23-/m0/s1. The zero-order valence-corrected chi connectivity index (χ0v) is 21.3. The van der Waals surface area contributed by atoms with Gasteiger partial charge in [0.05, 0.1) is 18.9 Å². The molecule has 0 aliphatic heterocycles. The first kappa shape index (κ1) is 26.0. The van der Waals surface area contributed by atoms with Crippen LogP contribution in [-0.2, 0) is 11.3 Å². The Hall–Kier alpha value is -3.59. The van der Waals surface area contributed by atoms with Crippen LogP contribution in [0.4, 0.5) is 5.69 Å². The van der Waals surface area contributed by atoms with Gasteiger partial charge in [-0.05, 0) is 48.7 Å². The maximum atomic E-state index is 12.9. The molecule has 3 aromatic rings. The highest BCUT2D eigenvalue weighted by Gasteiger charge is 2.26. The number of carbonyl (C=O) groups is 2. The van der Waals surface area contributed by atoms with Gasteiger partial charge in [0.25, 0.3) is 5.91 Å². The number of amides is 2. The van der Waals surface area contributed by atoms with Crippen LogP contribution in [0.15, 0.2) is 66.3 Å². The van der Waals surface area contributed by atoms with Crippen molar-refractivity contribution < 1.29 is 14.3 Å². The van der Waals surface area contributed by atoms with Crippen molar-refractivity contribution in [2.24, 2.45) is 5.92 Å². The van der Waals surface area contributed by atoms with Gasteiger partial charge < -0.3 is 19.9 Å². The summed E-state index contributed by atoms with van der Waals surface area (Å²) >= 11 is 1.29. The van der Waals surface area contributed by atoms with E-state index in [0.29, 0.717) is 28.8 Å². The highest BCUT2D eigenvalue weighted by atomic mass is 32.2. The van der Waals surface area contributed by atoms with Crippen LogP contribution in [0.2, 0.25) is 0 Å². The van der Waals surface area contributed by atoms with E-state index in [9.17, 15) is 9.59 Å². The summed E-state index contributed by atoms with van der Waals surface area (Å²) in [6.45, 7) is 10.3. The quantitative estimate of drug-likeness (QED) is 0.298. The number of rotatable bonds is 11. The molecule has 2 N–H and O–H groups in total.